The van der Waals surface area contributed by atoms with Gasteiger partial charge in [0.15, 0.2) is 5.58 Å². The van der Waals surface area contributed by atoms with Crippen LogP contribution in [-0.4, -0.2) is 16.8 Å². The Balaban J connectivity index is 1.49. The minimum Gasteiger partial charge on any atom is -0.435 e. The van der Waals surface area contributed by atoms with Gasteiger partial charge in [0.1, 0.15) is 11.6 Å². The Labute approximate surface area is 136 Å². The summed E-state index contributed by atoms with van der Waals surface area (Å²) in [5.74, 6) is -3.80. The number of oxazole rings is 1. The van der Waals surface area contributed by atoms with E-state index >= 15 is 0 Å². The fraction of sp³-hybridized carbons (Fsp3) is 0.222. The average Bonchev–Trinajstić information content (AvgIpc) is 3.22. The molecule has 3 aromatic rings. The predicted octanol–water partition coefficient (Wildman–Crippen LogP) is 4.50. The van der Waals surface area contributed by atoms with Crippen LogP contribution in [0, 0.1) is 0 Å². The fourth-order valence-electron chi connectivity index (χ4n) is 2.74. The highest BCUT2D eigenvalue weighted by Gasteiger charge is 2.42. The van der Waals surface area contributed by atoms with Gasteiger partial charge in [-0.2, -0.15) is 8.78 Å². The lowest BCUT2D eigenvalue weighted by Crippen LogP contribution is -2.23. The van der Waals surface area contributed by atoms with Gasteiger partial charge in [-0.1, -0.05) is 47.6 Å². The molecular weight excluding hydrogens is 314 g/mol. The number of rotatable bonds is 4. The molecule has 2 heterocycles. The zero-order valence-electron chi connectivity index (χ0n) is 12.7. The van der Waals surface area contributed by atoms with Crippen molar-refractivity contribution in [2.45, 2.75) is 24.9 Å². The molecule has 1 unspecified atom stereocenters. The number of benzene rings is 2. The van der Waals surface area contributed by atoms with E-state index in [9.17, 15) is 8.78 Å². The van der Waals surface area contributed by atoms with Crippen LogP contribution < -0.4 is 0 Å². The summed E-state index contributed by atoms with van der Waals surface area (Å²) in [7, 11) is 0. The maximum Gasteiger partial charge on any atom is 0.326 e. The van der Waals surface area contributed by atoms with E-state index in [2.05, 4.69) is 10.1 Å². The second-order valence-corrected chi connectivity index (χ2v) is 5.73. The monoisotopic (exact) mass is 328 g/mol. The van der Waals surface area contributed by atoms with Gasteiger partial charge in [-0.05, 0) is 17.7 Å². The Kier molecular flexibility index (Phi) is 3.52. The maximum absolute atomic E-state index is 14.5. The smallest absolute Gasteiger partial charge is 0.326 e. The number of aromatic nitrogens is 1. The van der Waals surface area contributed by atoms with Crippen molar-refractivity contribution >= 4 is 16.8 Å². The third-order valence-electron chi connectivity index (χ3n) is 3.93. The van der Waals surface area contributed by atoms with Crippen LogP contribution in [0.15, 0.2) is 64.2 Å². The van der Waals surface area contributed by atoms with Gasteiger partial charge in [-0.3, -0.25) is 0 Å². The highest BCUT2D eigenvalue weighted by atomic mass is 19.3. The molecule has 0 bridgehead atoms. The van der Waals surface area contributed by atoms with Crippen molar-refractivity contribution < 1.29 is 18.0 Å². The molecule has 0 spiro atoms. The van der Waals surface area contributed by atoms with Crippen molar-refractivity contribution in [1.82, 2.24) is 4.98 Å². The van der Waals surface area contributed by atoms with Crippen LogP contribution in [-0.2, 0) is 10.8 Å². The Hall–Kier alpha value is -2.76. The molecular formula is C18H14F2N2O2. The summed E-state index contributed by atoms with van der Waals surface area (Å²) in [6, 6.07) is 16.1. The van der Waals surface area contributed by atoms with Crippen molar-refractivity contribution in [2.75, 3.05) is 0 Å². The van der Waals surface area contributed by atoms with E-state index in [0.717, 1.165) is 5.56 Å². The van der Waals surface area contributed by atoms with Crippen LogP contribution in [0.1, 0.15) is 24.3 Å². The number of hydrogen-bond donors (Lipinski definition) is 0. The van der Waals surface area contributed by atoms with Gasteiger partial charge in [-0.25, -0.2) is 4.98 Å². The Morgan fingerprint density at radius 3 is 2.58 bits per heavy atom. The molecule has 4 nitrogen and oxygen atoms in total. The average molecular weight is 328 g/mol. The maximum atomic E-state index is 14.5. The first-order chi connectivity index (χ1) is 11.6. The summed E-state index contributed by atoms with van der Waals surface area (Å²) < 4.78 is 34.2. The molecule has 122 valence electrons. The van der Waals surface area contributed by atoms with Gasteiger partial charge in [0.05, 0.1) is 12.1 Å². The third-order valence-corrected chi connectivity index (χ3v) is 3.93. The van der Waals surface area contributed by atoms with E-state index in [4.69, 9.17) is 9.25 Å². The quantitative estimate of drug-likeness (QED) is 0.708. The summed E-state index contributed by atoms with van der Waals surface area (Å²) in [6.07, 6.45) is -0.898. The number of para-hydroxylation sites is 2. The molecule has 0 amide bonds. The zero-order valence-corrected chi connectivity index (χ0v) is 12.7. The molecule has 1 aliphatic heterocycles. The normalized spacial score (nSPS) is 17.8. The fourth-order valence-corrected chi connectivity index (χ4v) is 2.74. The Bertz CT molecular complexity index is 857. The largest absolute Gasteiger partial charge is 0.435 e. The van der Waals surface area contributed by atoms with E-state index < -0.39 is 24.3 Å². The number of oxime groups is 1. The Morgan fingerprint density at radius 2 is 1.79 bits per heavy atom. The minimum absolute atomic E-state index is 0.333. The number of hydrogen-bond acceptors (Lipinski definition) is 4. The Morgan fingerprint density at radius 1 is 1.04 bits per heavy atom. The molecule has 0 aliphatic carbocycles. The van der Waals surface area contributed by atoms with Crippen molar-refractivity contribution in [3.8, 4) is 0 Å². The molecule has 6 heteroatoms. The van der Waals surface area contributed by atoms with E-state index in [-0.39, 0.29) is 0 Å². The molecule has 24 heavy (non-hydrogen) atoms. The van der Waals surface area contributed by atoms with Gasteiger partial charge in [0.2, 0.25) is 0 Å². The lowest BCUT2D eigenvalue weighted by atomic mass is 10.0. The predicted molar refractivity (Wildman–Crippen MR) is 85.0 cm³/mol. The SMILES string of the molecule is FC(F)(CC1CC(c2ccccc2)=NO1)c1nc2ccccc2o1. The highest BCUT2D eigenvalue weighted by molar-refractivity contribution is 6.01. The first-order valence-electron chi connectivity index (χ1n) is 7.64. The van der Waals surface area contributed by atoms with Crippen LogP contribution >= 0.6 is 0 Å². The summed E-state index contributed by atoms with van der Waals surface area (Å²) in [5.41, 5.74) is 2.32. The van der Waals surface area contributed by atoms with Gasteiger partial charge in [0.25, 0.3) is 5.89 Å². The van der Waals surface area contributed by atoms with Crippen LogP contribution in [0.4, 0.5) is 8.78 Å². The van der Waals surface area contributed by atoms with Gasteiger partial charge in [-0.15, -0.1) is 0 Å². The lowest BCUT2D eigenvalue weighted by Gasteiger charge is -2.15. The topological polar surface area (TPSA) is 47.6 Å². The van der Waals surface area contributed by atoms with Gasteiger partial charge >= 0.3 is 5.92 Å². The van der Waals surface area contributed by atoms with Crippen LogP contribution in [0.5, 0.6) is 0 Å². The second kappa shape index (κ2) is 5.70. The molecule has 1 atom stereocenters. The van der Waals surface area contributed by atoms with Crippen LogP contribution in [0.25, 0.3) is 11.1 Å². The molecule has 0 saturated heterocycles. The van der Waals surface area contributed by atoms with Crippen molar-refractivity contribution in [3.05, 3.63) is 66.1 Å². The van der Waals surface area contributed by atoms with Crippen molar-refractivity contribution in [1.29, 1.82) is 0 Å². The molecule has 0 fully saturated rings. The van der Waals surface area contributed by atoms with Crippen molar-refractivity contribution in [3.63, 3.8) is 0 Å². The van der Waals surface area contributed by atoms with Crippen LogP contribution in [0.3, 0.4) is 0 Å². The number of alkyl halides is 2. The summed E-state index contributed by atoms with van der Waals surface area (Å²) in [4.78, 5) is 9.08. The second-order valence-electron chi connectivity index (χ2n) is 5.73. The number of halogens is 2. The molecule has 4 rings (SSSR count). The third kappa shape index (κ3) is 2.75. The van der Waals surface area contributed by atoms with E-state index in [1.54, 1.807) is 24.3 Å². The summed E-state index contributed by atoms with van der Waals surface area (Å²) in [6.45, 7) is 0. The van der Waals surface area contributed by atoms with Crippen molar-refractivity contribution in [2.24, 2.45) is 5.16 Å². The first kappa shape index (κ1) is 14.8. The number of nitrogens with zero attached hydrogens (tertiary/aromatic N) is 2. The molecule has 1 aliphatic rings. The van der Waals surface area contributed by atoms with Crippen LogP contribution in [0.2, 0.25) is 0 Å². The summed E-state index contributed by atoms with van der Waals surface area (Å²) >= 11 is 0. The molecule has 2 aromatic carbocycles. The highest BCUT2D eigenvalue weighted by Crippen LogP contribution is 2.37. The van der Waals surface area contributed by atoms with E-state index in [0.29, 0.717) is 23.2 Å². The summed E-state index contributed by atoms with van der Waals surface area (Å²) in [5, 5.41) is 3.94. The minimum atomic E-state index is -3.22. The van der Waals surface area contributed by atoms with Gasteiger partial charge in [0, 0.05) is 6.42 Å². The molecule has 0 N–H and O–H groups in total. The molecule has 0 radical (unpaired) electrons. The first-order valence-corrected chi connectivity index (χ1v) is 7.64. The lowest BCUT2D eigenvalue weighted by molar-refractivity contribution is -0.0787. The zero-order chi connectivity index (χ0) is 16.6. The molecule has 0 saturated carbocycles. The van der Waals surface area contributed by atoms with E-state index in [1.807, 2.05) is 30.3 Å². The van der Waals surface area contributed by atoms with Gasteiger partial charge < -0.3 is 9.25 Å². The van der Waals surface area contributed by atoms with E-state index in [1.165, 1.54) is 0 Å². The molecule has 1 aromatic heterocycles. The standard InChI is InChI=1S/C18H14F2N2O2/c19-18(20,17-21-14-8-4-5-9-16(14)23-17)11-13-10-15(22-24-13)12-6-2-1-3-7-12/h1-9,13H,10-11H2. The number of fused-ring (bicyclic) bond motifs is 1.